The second-order valence-corrected chi connectivity index (χ2v) is 4.09. The first-order chi connectivity index (χ1) is 9.04. The molecule has 1 heterocycles. The number of aromatic nitrogens is 1. The van der Waals surface area contributed by atoms with Gasteiger partial charge < -0.3 is 10.1 Å². The minimum absolute atomic E-state index is 0.0257. The molecule has 0 aliphatic rings. The molecule has 0 spiro atoms. The highest BCUT2D eigenvalue weighted by molar-refractivity contribution is 5.97. The van der Waals surface area contributed by atoms with Crippen LogP contribution < -0.4 is 0 Å². The monoisotopic (exact) mass is 260 g/mol. The number of carboxylic acid groups (broad SMARTS) is 1. The predicted octanol–water partition coefficient (Wildman–Crippen LogP) is 2.74. The number of aromatic amines is 1. The van der Waals surface area contributed by atoms with E-state index in [-0.39, 0.29) is 18.5 Å². The highest BCUT2D eigenvalue weighted by Crippen LogP contribution is 2.32. The van der Waals surface area contributed by atoms with Crippen LogP contribution in [0.4, 0.5) is 5.69 Å². The van der Waals surface area contributed by atoms with Gasteiger partial charge in [-0.1, -0.05) is 12.7 Å². The van der Waals surface area contributed by atoms with Crippen LogP contribution in [0.25, 0.3) is 17.0 Å². The Bertz CT molecular complexity index is 673. The molecule has 19 heavy (non-hydrogen) atoms. The first kappa shape index (κ1) is 12.8. The summed E-state index contributed by atoms with van der Waals surface area (Å²) < 4.78 is 0. The average Bonchev–Trinajstić information content (AvgIpc) is 2.78. The summed E-state index contributed by atoms with van der Waals surface area (Å²) in [4.78, 5) is 24.2. The molecule has 98 valence electrons. The number of nitrogens with one attached hydrogen (secondary N) is 1. The van der Waals surface area contributed by atoms with Crippen molar-refractivity contribution in [1.29, 1.82) is 0 Å². The first-order valence-corrected chi connectivity index (χ1v) is 5.66. The number of nitro groups is 1. The van der Waals surface area contributed by atoms with Gasteiger partial charge in [-0.25, -0.2) is 0 Å². The number of hydrogen-bond acceptors (Lipinski definition) is 3. The van der Waals surface area contributed by atoms with Gasteiger partial charge in [0.05, 0.1) is 15.8 Å². The zero-order chi connectivity index (χ0) is 14.0. The van der Waals surface area contributed by atoms with Gasteiger partial charge >= 0.3 is 5.97 Å². The summed E-state index contributed by atoms with van der Waals surface area (Å²) in [5.41, 5.74) is 1.97. The fourth-order valence-corrected chi connectivity index (χ4v) is 2.08. The molecule has 2 aromatic rings. The Kier molecular flexibility index (Phi) is 3.33. The van der Waals surface area contributed by atoms with Crippen molar-refractivity contribution in [1.82, 2.24) is 4.98 Å². The van der Waals surface area contributed by atoms with E-state index in [1.807, 2.05) is 0 Å². The molecule has 0 aliphatic carbocycles. The van der Waals surface area contributed by atoms with E-state index < -0.39 is 10.9 Å². The lowest BCUT2D eigenvalue weighted by molar-refractivity contribution is -0.383. The van der Waals surface area contributed by atoms with Crippen molar-refractivity contribution in [3.8, 4) is 0 Å². The van der Waals surface area contributed by atoms with E-state index in [9.17, 15) is 14.9 Å². The molecule has 6 heteroatoms. The van der Waals surface area contributed by atoms with E-state index in [0.29, 0.717) is 16.5 Å². The van der Waals surface area contributed by atoms with E-state index in [1.54, 1.807) is 18.3 Å². The number of benzene rings is 1. The van der Waals surface area contributed by atoms with Gasteiger partial charge in [0.1, 0.15) is 0 Å². The number of fused-ring (bicyclic) bond motifs is 1. The van der Waals surface area contributed by atoms with Crippen LogP contribution in [0.15, 0.2) is 24.9 Å². The van der Waals surface area contributed by atoms with Crippen molar-refractivity contribution in [2.45, 2.75) is 12.8 Å². The van der Waals surface area contributed by atoms with Crippen molar-refractivity contribution in [2.75, 3.05) is 0 Å². The molecule has 0 radical (unpaired) electrons. The van der Waals surface area contributed by atoms with Crippen LogP contribution in [-0.4, -0.2) is 21.0 Å². The molecule has 0 saturated carbocycles. The molecule has 0 unspecified atom stereocenters. The van der Waals surface area contributed by atoms with Crippen LogP contribution in [0.2, 0.25) is 0 Å². The smallest absolute Gasteiger partial charge is 0.303 e. The van der Waals surface area contributed by atoms with Gasteiger partial charge in [0.15, 0.2) is 0 Å². The third kappa shape index (κ3) is 2.33. The first-order valence-electron chi connectivity index (χ1n) is 5.66. The molecule has 0 atom stereocenters. The fraction of sp³-hybridized carbons (Fsp3) is 0.154. The number of H-pyrrole nitrogens is 1. The second-order valence-electron chi connectivity index (χ2n) is 4.09. The SMILES string of the molecule is C=Cc1ccc([N+](=O)[O-])c2c(CCC(=O)O)c[nH]c12. The lowest BCUT2D eigenvalue weighted by atomic mass is 10.0. The van der Waals surface area contributed by atoms with Gasteiger partial charge in [0, 0.05) is 18.7 Å². The molecule has 1 aromatic carbocycles. The minimum atomic E-state index is -0.933. The number of aryl methyl sites for hydroxylation is 1. The summed E-state index contributed by atoms with van der Waals surface area (Å²) >= 11 is 0. The van der Waals surface area contributed by atoms with Crippen LogP contribution in [-0.2, 0) is 11.2 Å². The molecular weight excluding hydrogens is 248 g/mol. The summed E-state index contributed by atoms with van der Waals surface area (Å²) in [6.07, 6.45) is 3.40. The number of carbonyl (C=O) groups is 1. The minimum Gasteiger partial charge on any atom is -0.481 e. The summed E-state index contributed by atoms with van der Waals surface area (Å²) in [7, 11) is 0. The van der Waals surface area contributed by atoms with Crippen LogP contribution in [0.1, 0.15) is 17.5 Å². The molecule has 2 N–H and O–H groups in total. The molecule has 0 saturated heterocycles. The Morgan fingerprint density at radius 3 is 2.84 bits per heavy atom. The third-order valence-electron chi connectivity index (χ3n) is 2.95. The Morgan fingerprint density at radius 2 is 2.26 bits per heavy atom. The number of nitro benzene ring substituents is 1. The number of nitrogens with zero attached hydrogens (tertiary/aromatic N) is 1. The Hall–Kier alpha value is -2.63. The Balaban J connectivity index is 2.62. The van der Waals surface area contributed by atoms with Crippen LogP contribution in [0, 0.1) is 10.1 Å². The topological polar surface area (TPSA) is 96.2 Å². The van der Waals surface area contributed by atoms with Gasteiger partial charge in [-0.3, -0.25) is 14.9 Å². The molecule has 0 bridgehead atoms. The summed E-state index contributed by atoms with van der Waals surface area (Å²) in [6, 6.07) is 3.03. The Morgan fingerprint density at radius 1 is 1.53 bits per heavy atom. The number of carboxylic acids is 1. The molecule has 0 amide bonds. The average molecular weight is 260 g/mol. The lowest BCUT2D eigenvalue weighted by Gasteiger charge is -2.01. The number of non-ortho nitro benzene ring substituents is 1. The van der Waals surface area contributed by atoms with Gasteiger partial charge in [-0.15, -0.1) is 0 Å². The maximum atomic E-state index is 11.1. The van der Waals surface area contributed by atoms with Crippen LogP contribution in [0.5, 0.6) is 0 Å². The predicted molar refractivity (Wildman–Crippen MR) is 71.0 cm³/mol. The zero-order valence-corrected chi connectivity index (χ0v) is 10.0. The van der Waals surface area contributed by atoms with E-state index >= 15 is 0 Å². The Labute approximate surface area is 108 Å². The number of aliphatic carboxylic acids is 1. The van der Waals surface area contributed by atoms with Gasteiger partial charge in [-0.05, 0) is 23.6 Å². The van der Waals surface area contributed by atoms with Crippen molar-refractivity contribution in [3.63, 3.8) is 0 Å². The second kappa shape index (κ2) is 4.93. The third-order valence-corrected chi connectivity index (χ3v) is 2.95. The van der Waals surface area contributed by atoms with E-state index in [4.69, 9.17) is 5.11 Å². The van der Waals surface area contributed by atoms with Crippen LogP contribution in [0.3, 0.4) is 0 Å². The number of hydrogen-bond donors (Lipinski definition) is 2. The highest BCUT2D eigenvalue weighted by Gasteiger charge is 2.18. The zero-order valence-electron chi connectivity index (χ0n) is 10.0. The van der Waals surface area contributed by atoms with Crippen molar-refractivity contribution >= 4 is 28.6 Å². The summed E-state index contributed by atoms with van der Waals surface area (Å²) in [5, 5.41) is 20.2. The molecule has 0 aliphatic heterocycles. The summed E-state index contributed by atoms with van der Waals surface area (Å²) in [5.74, 6) is -0.933. The molecule has 0 fully saturated rings. The van der Waals surface area contributed by atoms with Crippen molar-refractivity contribution in [3.05, 3.63) is 46.1 Å². The van der Waals surface area contributed by atoms with E-state index in [0.717, 1.165) is 5.56 Å². The van der Waals surface area contributed by atoms with Gasteiger partial charge in [0.2, 0.25) is 0 Å². The van der Waals surface area contributed by atoms with Crippen LogP contribution >= 0.6 is 0 Å². The van der Waals surface area contributed by atoms with Gasteiger partial charge in [0.25, 0.3) is 5.69 Å². The van der Waals surface area contributed by atoms with E-state index in [1.165, 1.54) is 6.07 Å². The summed E-state index contributed by atoms with van der Waals surface area (Å²) in [6.45, 7) is 3.66. The quantitative estimate of drug-likeness (QED) is 0.638. The lowest BCUT2D eigenvalue weighted by Crippen LogP contribution is -1.98. The maximum absolute atomic E-state index is 11.1. The number of rotatable bonds is 5. The van der Waals surface area contributed by atoms with Crippen molar-refractivity contribution < 1.29 is 14.8 Å². The molecular formula is C13H12N2O4. The van der Waals surface area contributed by atoms with Crippen molar-refractivity contribution in [2.24, 2.45) is 0 Å². The van der Waals surface area contributed by atoms with E-state index in [2.05, 4.69) is 11.6 Å². The largest absolute Gasteiger partial charge is 0.481 e. The van der Waals surface area contributed by atoms with Gasteiger partial charge in [-0.2, -0.15) is 0 Å². The highest BCUT2D eigenvalue weighted by atomic mass is 16.6. The molecule has 2 rings (SSSR count). The molecule has 1 aromatic heterocycles. The standard InChI is InChI=1S/C13H12N2O4/c1-2-8-3-5-10(15(18)19)12-9(4-6-11(16)17)7-14-13(8)12/h2-3,5,7,14H,1,4,6H2,(H,16,17). The molecule has 6 nitrogen and oxygen atoms in total. The maximum Gasteiger partial charge on any atom is 0.303 e. The fourth-order valence-electron chi connectivity index (χ4n) is 2.08. The normalized spacial score (nSPS) is 10.5.